The first-order chi connectivity index (χ1) is 14.7. The molecular formula is C29H48O2. The number of rotatable bonds is 6. The molecule has 0 heterocycles. The molecule has 5 saturated carbocycles. The van der Waals surface area contributed by atoms with E-state index in [2.05, 4.69) is 46.8 Å². The second kappa shape index (κ2) is 7.59. The number of hydrogen-bond donors (Lipinski definition) is 1. The van der Waals surface area contributed by atoms with Crippen LogP contribution in [-0.2, 0) is 4.74 Å². The smallest absolute Gasteiger partial charge is 0.0638 e. The topological polar surface area (TPSA) is 29.5 Å². The van der Waals surface area contributed by atoms with Crippen LogP contribution < -0.4 is 0 Å². The molecule has 5 aliphatic rings. The third kappa shape index (κ3) is 2.95. The molecule has 1 unspecified atom stereocenters. The molecule has 1 spiro atoms. The molecule has 1 N–H and O–H groups in total. The molecule has 0 aliphatic heterocycles. The van der Waals surface area contributed by atoms with Crippen LogP contribution >= 0.6 is 0 Å². The van der Waals surface area contributed by atoms with Crippen LogP contribution in [0.4, 0.5) is 0 Å². The standard InChI is InChI=1S/C29H48O2/c1-18(20(3)17-30)7-8-19(2)23-9-10-24-22-15-26(31-6)29-16-21(29)11-14-28(29,5)25(22)12-13-27(23,24)4/h7-8,18-26,30H,9-17H2,1-6H3/b8-7+/t18-,19-,20?,21+,22+,23-,24+,25+,26-,27-,28-,29+/m1/s1. The molecule has 0 aromatic rings. The van der Waals surface area contributed by atoms with E-state index in [9.17, 15) is 5.11 Å². The van der Waals surface area contributed by atoms with Gasteiger partial charge >= 0.3 is 0 Å². The summed E-state index contributed by atoms with van der Waals surface area (Å²) in [5.74, 6) is 5.96. The summed E-state index contributed by atoms with van der Waals surface area (Å²) in [5.41, 5.74) is 1.59. The molecule has 0 saturated heterocycles. The fourth-order valence-corrected chi connectivity index (χ4v) is 10.3. The zero-order chi connectivity index (χ0) is 22.2. The van der Waals surface area contributed by atoms with Crippen molar-refractivity contribution in [2.24, 2.45) is 63.6 Å². The van der Waals surface area contributed by atoms with Crippen molar-refractivity contribution in [1.29, 1.82) is 0 Å². The molecule has 2 heteroatoms. The van der Waals surface area contributed by atoms with E-state index in [-0.39, 0.29) is 6.61 Å². The van der Waals surface area contributed by atoms with Gasteiger partial charge in [0.05, 0.1) is 6.10 Å². The number of ether oxygens (including phenoxy) is 1. The number of aliphatic hydroxyl groups excluding tert-OH is 1. The predicted octanol–water partition coefficient (Wildman–Crippen LogP) is 6.73. The minimum absolute atomic E-state index is 0.286. The first kappa shape index (κ1) is 22.5. The Labute approximate surface area is 191 Å². The van der Waals surface area contributed by atoms with Crippen molar-refractivity contribution in [1.82, 2.24) is 0 Å². The van der Waals surface area contributed by atoms with E-state index in [0.29, 0.717) is 40.1 Å². The Hall–Kier alpha value is -0.340. The van der Waals surface area contributed by atoms with Gasteiger partial charge in [0, 0.05) is 19.1 Å². The summed E-state index contributed by atoms with van der Waals surface area (Å²) in [6.45, 7) is 12.5. The third-order valence-electron chi connectivity index (χ3n) is 12.4. The highest BCUT2D eigenvalue weighted by Gasteiger charge is 2.77. The Balaban J connectivity index is 1.36. The highest BCUT2D eigenvalue weighted by Crippen LogP contribution is 2.82. The van der Waals surface area contributed by atoms with Crippen LogP contribution in [0.3, 0.4) is 0 Å². The largest absolute Gasteiger partial charge is 0.396 e. The molecule has 5 fully saturated rings. The van der Waals surface area contributed by atoms with Gasteiger partial charge in [-0.15, -0.1) is 0 Å². The van der Waals surface area contributed by atoms with E-state index >= 15 is 0 Å². The van der Waals surface area contributed by atoms with Gasteiger partial charge in [0.25, 0.3) is 0 Å². The summed E-state index contributed by atoms with van der Waals surface area (Å²) in [4.78, 5) is 0. The maximum atomic E-state index is 9.49. The van der Waals surface area contributed by atoms with Gasteiger partial charge < -0.3 is 9.84 Å². The predicted molar refractivity (Wildman–Crippen MR) is 128 cm³/mol. The molecule has 0 radical (unpaired) electrons. The Morgan fingerprint density at radius 3 is 2.45 bits per heavy atom. The van der Waals surface area contributed by atoms with Crippen molar-refractivity contribution in [3.63, 3.8) is 0 Å². The van der Waals surface area contributed by atoms with Gasteiger partial charge in [0.15, 0.2) is 0 Å². The fourth-order valence-electron chi connectivity index (χ4n) is 10.3. The summed E-state index contributed by atoms with van der Waals surface area (Å²) in [6, 6.07) is 0. The van der Waals surface area contributed by atoms with Crippen LogP contribution in [-0.4, -0.2) is 24.9 Å². The van der Waals surface area contributed by atoms with Crippen molar-refractivity contribution < 1.29 is 9.84 Å². The van der Waals surface area contributed by atoms with Gasteiger partial charge in [-0.3, -0.25) is 0 Å². The second-order valence-electron chi connectivity index (χ2n) is 13.2. The molecule has 0 aromatic heterocycles. The Morgan fingerprint density at radius 1 is 1.00 bits per heavy atom. The van der Waals surface area contributed by atoms with Crippen LogP contribution in [0.1, 0.15) is 86.0 Å². The van der Waals surface area contributed by atoms with Crippen molar-refractivity contribution in [3.05, 3.63) is 12.2 Å². The molecular weight excluding hydrogens is 380 g/mol. The highest BCUT2D eigenvalue weighted by molar-refractivity contribution is 5.26. The number of methoxy groups -OCH3 is 1. The lowest BCUT2D eigenvalue weighted by molar-refractivity contribution is -0.160. The molecule has 0 amide bonds. The molecule has 2 nitrogen and oxygen atoms in total. The van der Waals surface area contributed by atoms with E-state index < -0.39 is 0 Å². The molecule has 5 aliphatic carbocycles. The van der Waals surface area contributed by atoms with Crippen molar-refractivity contribution >= 4 is 0 Å². The van der Waals surface area contributed by atoms with Gasteiger partial charge in [-0.05, 0) is 110 Å². The average Bonchev–Trinajstić information content (AvgIpc) is 3.27. The van der Waals surface area contributed by atoms with Crippen LogP contribution in [0.25, 0.3) is 0 Å². The van der Waals surface area contributed by atoms with Gasteiger partial charge in [0.1, 0.15) is 0 Å². The number of allylic oxidation sites excluding steroid dienone is 2. The lowest BCUT2D eigenvalue weighted by Crippen LogP contribution is -2.57. The van der Waals surface area contributed by atoms with Crippen LogP contribution in [0.2, 0.25) is 0 Å². The maximum Gasteiger partial charge on any atom is 0.0638 e. The van der Waals surface area contributed by atoms with Crippen LogP contribution in [0, 0.1) is 63.6 Å². The summed E-state index contributed by atoms with van der Waals surface area (Å²) in [7, 11) is 2.01. The highest BCUT2D eigenvalue weighted by atomic mass is 16.5. The molecule has 176 valence electrons. The molecule has 0 aromatic carbocycles. The van der Waals surface area contributed by atoms with Crippen molar-refractivity contribution in [2.75, 3.05) is 13.7 Å². The lowest BCUT2D eigenvalue weighted by Gasteiger charge is -2.61. The van der Waals surface area contributed by atoms with E-state index in [1.807, 2.05) is 7.11 Å². The summed E-state index contributed by atoms with van der Waals surface area (Å²) in [5, 5.41) is 9.49. The lowest BCUT2D eigenvalue weighted by atomic mass is 9.45. The van der Waals surface area contributed by atoms with E-state index in [0.717, 1.165) is 29.6 Å². The summed E-state index contributed by atoms with van der Waals surface area (Å²) in [6.07, 6.45) is 16.9. The third-order valence-corrected chi connectivity index (χ3v) is 12.4. The Bertz CT molecular complexity index is 716. The van der Waals surface area contributed by atoms with E-state index in [1.165, 1.54) is 51.4 Å². The van der Waals surface area contributed by atoms with Gasteiger partial charge in [-0.25, -0.2) is 0 Å². The molecule has 0 bridgehead atoms. The van der Waals surface area contributed by atoms with Crippen LogP contribution in [0.5, 0.6) is 0 Å². The number of fused-ring (bicyclic) bond motifs is 4. The normalized spacial score (nSPS) is 53.4. The van der Waals surface area contributed by atoms with E-state index in [1.54, 1.807) is 0 Å². The second-order valence-corrected chi connectivity index (χ2v) is 13.2. The van der Waals surface area contributed by atoms with Crippen LogP contribution in [0.15, 0.2) is 12.2 Å². The summed E-state index contributed by atoms with van der Waals surface area (Å²) < 4.78 is 6.29. The average molecular weight is 429 g/mol. The van der Waals surface area contributed by atoms with Gasteiger partial charge in [-0.2, -0.15) is 0 Å². The van der Waals surface area contributed by atoms with Crippen molar-refractivity contribution in [3.8, 4) is 0 Å². The SMILES string of the molecule is CO[C@@H]1C[C@H]2[C@@H]3CC[C@H]([C@H](C)/C=C/[C@@H](C)C(C)CO)[C@@]3(C)CC[C@@H]2[C@@]2(C)CC[C@H]3C[C@]312. The van der Waals surface area contributed by atoms with Gasteiger partial charge in [-0.1, -0.05) is 46.8 Å². The first-order valence-corrected chi connectivity index (χ1v) is 13.5. The zero-order valence-electron chi connectivity index (χ0n) is 21.1. The zero-order valence-corrected chi connectivity index (χ0v) is 21.1. The molecule has 31 heavy (non-hydrogen) atoms. The fraction of sp³-hybridized carbons (Fsp3) is 0.931. The maximum absolute atomic E-state index is 9.49. The monoisotopic (exact) mass is 428 g/mol. The van der Waals surface area contributed by atoms with Gasteiger partial charge in [0.2, 0.25) is 0 Å². The Kier molecular flexibility index (Phi) is 5.50. The minimum atomic E-state index is 0.286. The molecule has 5 rings (SSSR count). The first-order valence-electron chi connectivity index (χ1n) is 13.5. The number of hydrogen-bond acceptors (Lipinski definition) is 2. The summed E-state index contributed by atoms with van der Waals surface area (Å²) >= 11 is 0. The van der Waals surface area contributed by atoms with Crippen molar-refractivity contribution in [2.45, 2.75) is 92.1 Å². The quantitative estimate of drug-likeness (QED) is 0.475. The Morgan fingerprint density at radius 2 is 1.77 bits per heavy atom. The molecule has 12 atom stereocenters. The minimum Gasteiger partial charge on any atom is -0.396 e. The number of aliphatic hydroxyl groups is 1. The van der Waals surface area contributed by atoms with E-state index in [4.69, 9.17) is 4.74 Å².